The molecule has 1 fully saturated rings. The predicted molar refractivity (Wildman–Crippen MR) is 105 cm³/mol. The SMILES string of the molecule is NC(=O)c1cccc(OCC(=O)Nc2ccc(F)c(S(=O)(=O)N3CCOCC3)c2)c1. The normalized spacial score (nSPS) is 14.8. The van der Waals surface area contributed by atoms with Gasteiger partial charge < -0.3 is 20.5 Å². The number of halogens is 1. The minimum Gasteiger partial charge on any atom is -0.484 e. The van der Waals surface area contributed by atoms with E-state index in [2.05, 4.69) is 5.32 Å². The number of rotatable bonds is 7. The molecule has 1 aliphatic rings. The van der Waals surface area contributed by atoms with Gasteiger partial charge in [0.05, 0.1) is 13.2 Å². The van der Waals surface area contributed by atoms with E-state index in [1.807, 2.05) is 0 Å². The van der Waals surface area contributed by atoms with Crippen molar-refractivity contribution in [1.82, 2.24) is 4.31 Å². The van der Waals surface area contributed by atoms with Crippen molar-refractivity contribution < 1.29 is 31.9 Å². The van der Waals surface area contributed by atoms with E-state index in [1.165, 1.54) is 18.2 Å². The summed E-state index contributed by atoms with van der Waals surface area (Å²) in [5, 5.41) is 2.46. The number of morpholine rings is 1. The first-order valence-electron chi connectivity index (χ1n) is 8.97. The molecule has 3 rings (SSSR count). The smallest absolute Gasteiger partial charge is 0.262 e. The van der Waals surface area contributed by atoms with Crippen LogP contribution < -0.4 is 15.8 Å². The fourth-order valence-electron chi connectivity index (χ4n) is 2.79. The van der Waals surface area contributed by atoms with Crippen molar-refractivity contribution in [3.63, 3.8) is 0 Å². The lowest BCUT2D eigenvalue weighted by molar-refractivity contribution is -0.118. The van der Waals surface area contributed by atoms with E-state index in [4.69, 9.17) is 15.2 Å². The van der Waals surface area contributed by atoms with Gasteiger partial charge in [0.2, 0.25) is 15.9 Å². The summed E-state index contributed by atoms with van der Waals surface area (Å²) in [6, 6.07) is 9.27. The first kappa shape index (κ1) is 21.7. The van der Waals surface area contributed by atoms with E-state index >= 15 is 0 Å². The van der Waals surface area contributed by atoms with Gasteiger partial charge in [0, 0.05) is 24.3 Å². The molecule has 2 aromatic carbocycles. The zero-order valence-electron chi connectivity index (χ0n) is 15.8. The Hall–Kier alpha value is -3.02. The van der Waals surface area contributed by atoms with E-state index in [0.29, 0.717) is 0 Å². The molecule has 9 nitrogen and oxygen atoms in total. The van der Waals surface area contributed by atoms with Crippen LogP contribution in [-0.2, 0) is 19.6 Å². The number of nitrogens with zero attached hydrogens (tertiary/aromatic N) is 1. The molecule has 2 amide bonds. The van der Waals surface area contributed by atoms with Gasteiger partial charge in [0.1, 0.15) is 16.5 Å². The third kappa shape index (κ3) is 5.12. The number of carbonyl (C=O) groups is 2. The molecule has 1 aliphatic heterocycles. The van der Waals surface area contributed by atoms with Crippen LogP contribution in [0, 0.1) is 5.82 Å². The Morgan fingerprint density at radius 1 is 1.17 bits per heavy atom. The number of carbonyl (C=O) groups excluding carboxylic acids is 2. The molecule has 0 bridgehead atoms. The minimum absolute atomic E-state index is 0.0997. The maximum atomic E-state index is 14.2. The summed E-state index contributed by atoms with van der Waals surface area (Å²) in [5.74, 6) is -1.89. The van der Waals surface area contributed by atoms with Crippen LogP contribution >= 0.6 is 0 Å². The number of hydrogen-bond donors (Lipinski definition) is 2. The molecular formula is C19H20FN3O6S. The highest BCUT2D eigenvalue weighted by atomic mass is 32.2. The molecule has 1 heterocycles. The second-order valence-electron chi connectivity index (χ2n) is 6.39. The first-order chi connectivity index (χ1) is 14.3. The highest BCUT2D eigenvalue weighted by Crippen LogP contribution is 2.24. The number of amides is 2. The molecule has 0 atom stereocenters. The van der Waals surface area contributed by atoms with Crippen LogP contribution in [0.1, 0.15) is 10.4 Å². The highest BCUT2D eigenvalue weighted by molar-refractivity contribution is 7.89. The Morgan fingerprint density at radius 2 is 1.90 bits per heavy atom. The van der Waals surface area contributed by atoms with Gasteiger partial charge in [-0.05, 0) is 36.4 Å². The molecule has 0 saturated carbocycles. The van der Waals surface area contributed by atoms with Gasteiger partial charge in [0.25, 0.3) is 5.91 Å². The van der Waals surface area contributed by atoms with E-state index < -0.39 is 39.2 Å². The van der Waals surface area contributed by atoms with Gasteiger partial charge in [-0.15, -0.1) is 0 Å². The number of anilines is 1. The van der Waals surface area contributed by atoms with Crippen LogP contribution in [0.4, 0.5) is 10.1 Å². The molecule has 1 saturated heterocycles. The standard InChI is InChI=1S/C19H20FN3O6S/c20-16-5-4-14(11-17(16)30(26,27)23-6-8-28-9-7-23)22-18(24)12-29-15-3-1-2-13(10-15)19(21)25/h1-5,10-11H,6-9,12H2,(H2,21,25)(H,22,24). The maximum Gasteiger partial charge on any atom is 0.262 e. The van der Waals surface area contributed by atoms with Gasteiger partial charge in [-0.2, -0.15) is 4.31 Å². The molecule has 160 valence electrons. The molecule has 0 aromatic heterocycles. The topological polar surface area (TPSA) is 128 Å². The van der Waals surface area contributed by atoms with Crippen molar-refractivity contribution in [2.75, 3.05) is 38.2 Å². The zero-order chi connectivity index (χ0) is 21.7. The third-order valence-corrected chi connectivity index (χ3v) is 6.20. The van der Waals surface area contributed by atoms with E-state index in [-0.39, 0.29) is 43.3 Å². The number of primary amides is 1. The molecule has 3 N–H and O–H groups in total. The summed E-state index contributed by atoms with van der Waals surface area (Å²) in [5.41, 5.74) is 5.52. The second-order valence-corrected chi connectivity index (χ2v) is 8.30. The first-order valence-corrected chi connectivity index (χ1v) is 10.4. The van der Waals surface area contributed by atoms with Gasteiger partial charge in [0.15, 0.2) is 6.61 Å². The fraction of sp³-hybridized carbons (Fsp3) is 0.263. The number of hydrogen-bond acceptors (Lipinski definition) is 6. The Bertz CT molecular complexity index is 1050. The van der Waals surface area contributed by atoms with E-state index in [1.54, 1.807) is 12.1 Å². The van der Waals surface area contributed by atoms with Crippen LogP contribution in [0.25, 0.3) is 0 Å². The quantitative estimate of drug-likeness (QED) is 0.664. The number of sulfonamides is 1. The largest absolute Gasteiger partial charge is 0.484 e. The van der Waals surface area contributed by atoms with Crippen LogP contribution in [-0.4, -0.2) is 57.4 Å². The Morgan fingerprint density at radius 3 is 2.60 bits per heavy atom. The predicted octanol–water partition coefficient (Wildman–Crippen LogP) is 0.963. The molecule has 0 unspecified atom stereocenters. The zero-order valence-corrected chi connectivity index (χ0v) is 16.7. The lowest BCUT2D eigenvalue weighted by atomic mass is 10.2. The van der Waals surface area contributed by atoms with E-state index in [0.717, 1.165) is 16.4 Å². The van der Waals surface area contributed by atoms with Crippen molar-refractivity contribution >= 4 is 27.5 Å². The summed E-state index contributed by atoms with van der Waals surface area (Å²) >= 11 is 0. The number of ether oxygens (including phenoxy) is 2. The van der Waals surface area contributed by atoms with Crippen molar-refractivity contribution in [3.8, 4) is 5.75 Å². The summed E-state index contributed by atoms with van der Waals surface area (Å²) in [7, 11) is -4.07. The van der Waals surface area contributed by atoms with Gasteiger partial charge in [-0.25, -0.2) is 12.8 Å². The van der Waals surface area contributed by atoms with E-state index in [9.17, 15) is 22.4 Å². The van der Waals surface area contributed by atoms with Crippen molar-refractivity contribution in [2.24, 2.45) is 5.73 Å². The fourth-order valence-corrected chi connectivity index (χ4v) is 4.29. The minimum atomic E-state index is -4.07. The monoisotopic (exact) mass is 437 g/mol. The number of nitrogens with one attached hydrogen (secondary N) is 1. The molecule has 30 heavy (non-hydrogen) atoms. The maximum absolute atomic E-state index is 14.2. The van der Waals surface area contributed by atoms with Crippen molar-refractivity contribution in [2.45, 2.75) is 4.90 Å². The van der Waals surface area contributed by atoms with Crippen LogP contribution in [0.3, 0.4) is 0 Å². The Labute approximate surface area is 172 Å². The van der Waals surface area contributed by atoms with Gasteiger partial charge >= 0.3 is 0 Å². The van der Waals surface area contributed by atoms with Crippen LogP contribution in [0.5, 0.6) is 5.75 Å². The van der Waals surface area contributed by atoms with Crippen LogP contribution in [0.2, 0.25) is 0 Å². The molecular weight excluding hydrogens is 417 g/mol. The van der Waals surface area contributed by atoms with Crippen LogP contribution in [0.15, 0.2) is 47.4 Å². The van der Waals surface area contributed by atoms with Crippen molar-refractivity contribution in [3.05, 3.63) is 53.8 Å². The summed E-state index contributed by atoms with van der Waals surface area (Å²) in [4.78, 5) is 22.8. The molecule has 2 aromatic rings. The number of benzene rings is 2. The molecule has 0 aliphatic carbocycles. The number of nitrogens with two attached hydrogens (primary N) is 1. The molecule has 0 spiro atoms. The van der Waals surface area contributed by atoms with Gasteiger partial charge in [-0.1, -0.05) is 6.07 Å². The lowest BCUT2D eigenvalue weighted by Gasteiger charge is -2.26. The highest BCUT2D eigenvalue weighted by Gasteiger charge is 2.29. The Kier molecular flexibility index (Phi) is 6.65. The summed E-state index contributed by atoms with van der Waals surface area (Å²) < 4.78 is 51.2. The Balaban J connectivity index is 1.68. The van der Waals surface area contributed by atoms with Crippen molar-refractivity contribution in [1.29, 1.82) is 0 Å². The lowest BCUT2D eigenvalue weighted by Crippen LogP contribution is -2.40. The summed E-state index contributed by atoms with van der Waals surface area (Å²) in [6.07, 6.45) is 0. The average Bonchev–Trinajstić information content (AvgIpc) is 2.74. The average molecular weight is 437 g/mol. The van der Waals surface area contributed by atoms with Gasteiger partial charge in [-0.3, -0.25) is 9.59 Å². The third-order valence-electron chi connectivity index (χ3n) is 4.29. The summed E-state index contributed by atoms with van der Waals surface area (Å²) in [6.45, 7) is 0.287. The second kappa shape index (κ2) is 9.20. The molecule has 11 heteroatoms. The molecule has 0 radical (unpaired) electrons.